The van der Waals surface area contributed by atoms with Gasteiger partial charge in [-0.3, -0.25) is 4.79 Å². The summed E-state index contributed by atoms with van der Waals surface area (Å²) in [5.74, 6) is 0.263. The van der Waals surface area contributed by atoms with Crippen LogP contribution in [0.25, 0.3) is 11.4 Å². The van der Waals surface area contributed by atoms with Gasteiger partial charge in [-0.2, -0.15) is 0 Å². The predicted octanol–water partition coefficient (Wildman–Crippen LogP) is 3.17. The first kappa shape index (κ1) is 18.1. The summed E-state index contributed by atoms with van der Waals surface area (Å²) in [7, 11) is 1.59. The van der Waals surface area contributed by atoms with Gasteiger partial charge >= 0.3 is 0 Å². The molecule has 0 bridgehead atoms. The van der Waals surface area contributed by atoms with Crippen molar-refractivity contribution in [3.8, 4) is 11.4 Å². The molecule has 3 aromatic rings. The van der Waals surface area contributed by atoms with Gasteiger partial charge in [0, 0.05) is 13.6 Å². The second-order valence-corrected chi connectivity index (χ2v) is 6.58. The molecule has 134 valence electrons. The Balaban J connectivity index is 1.90. The topological polar surface area (TPSA) is 59.8 Å². The van der Waals surface area contributed by atoms with Crippen molar-refractivity contribution in [1.82, 2.24) is 20.1 Å². The van der Waals surface area contributed by atoms with Crippen molar-refractivity contribution in [2.45, 2.75) is 18.1 Å². The van der Waals surface area contributed by atoms with Crippen LogP contribution in [0.2, 0.25) is 0 Å². The molecule has 1 heterocycles. The summed E-state index contributed by atoms with van der Waals surface area (Å²) in [5.41, 5.74) is 1.57. The lowest BCUT2D eigenvalue weighted by Gasteiger charge is -2.11. The van der Waals surface area contributed by atoms with Crippen LogP contribution in [0.15, 0.2) is 59.8 Å². The average Bonchev–Trinajstić information content (AvgIpc) is 3.08. The van der Waals surface area contributed by atoms with Crippen LogP contribution in [0.4, 0.5) is 4.39 Å². The summed E-state index contributed by atoms with van der Waals surface area (Å²) in [6, 6.07) is 16.5. The van der Waals surface area contributed by atoms with Gasteiger partial charge in [0.2, 0.25) is 5.91 Å². The van der Waals surface area contributed by atoms with E-state index in [0.29, 0.717) is 23.1 Å². The van der Waals surface area contributed by atoms with E-state index in [1.165, 1.54) is 23.4 Å². The van der Waals surface area contributed by atoms with E-state index in [1.807, 2.05) is 34.9 Å². The Morgan fingerprint density at radius 1 is 1.12 bits per heavy atom. The summed E-state index contributed by atoms with van der Waals surface area (Å²) in [6.07, 6.45) is 0.758. The quantitative estimate of drug-likeness (QED) is 0.649. The molecule has 0 radical (unpaired) electrons. The van der Waals surface area contributed by atoms with Crippen LogP contribution in [-0.2, 0) is 17.8 Å². The van der Waals surface area contributed by atoms with Gasteiger partial charge in [0.15, 0.2) is 11.0 Å². The van der Waals surface area contributed by atoms with Crippen LogP contribution in [0.5, 0.6) is 0 Å². The smallest absolute Gasteiger partial charge is 0.230 e. The van der Waals surface area contributed by atoms with E-state index < -0.39 is 0 Å². The highest BCUT2D eigenvalue weighted by Gasteiger charge is 2.17. The SMILES string of the molecule is CNC(=O)CSc1nnc(-c2ccccc2F)n1CCc1ccccc1. The fourth-order valence-corrected chi connectivity index (χ4v) is 3.36. The Morgan fingerprint density at radius 2 is 1.85 bits per heavy atom. The summed E-state index contributed by atoms with van der Waals surface area (Å²) in [6.45, 7) is 0.594. The number of halogens is 1. The van der Waals surface area contributed by atoms with Crippen molar-refractivity contribution in [3.05, 3.63) is 66.0 Å². The Kier molecular flexibility index (Phi) is 6.01. The van der Waals surface area contributed by atoms with E-state index in [2.05, 4.69) is 15.5 Å². The van der Waals surface area contributed by atoms with Crippen LogP contribution in [0.3, 0.4) is 0 Å². The minimum atomic E-state index is -0.344. The standard InChI is InChI=1S/C19H19FN4OS/c1-21-17(25)13-26-19-23-22-18(15-9-5-6-10-16(15)20)24(19)12-11-14-7-3-2-4-8-14/h2-10H,11-13H2,1H3,(H,21,25). The first-order valence-electron chi connectivity index (χ1n) is 8.24. The van der Waals surface area contributed by atoms with Gasteiger partial charge in [-0.1, -0.05) is 54.2 Å². The molecule has 3 rings (SSSR count). The third-order valence-electron chi connectivity index (χ3n) is 3.91. The first-order valence-corrected chi connectivity index (χ1v) is 9.23. The predicted molar refractivity (Wildman–Crippen MR) is 100 cm³/mol. The fraction of sp³-hybridized carbons (Fsp3) is 0.211. The van der Waals surface area contributed by atoms with Crippen LogP contribution >= 0.6 is 11.8 Å². The van der Waals surface area contributed by atoms with Crippen molar-refractivity contribution in [2.24, 2.45) is 0 Å². The highest BCUT2D eigenvalue weighted by molar-refractivity contribution is 7.99. The molecule has 0 unspecified atom stereocenters. The van der Waals surface area contributed by atoms with Crippen LogP contribution in [0, 0.1) is 5.82 Å². The van der Waals surface area contributed by atoms with E-state index in [1.54, 1.807) is 25.2 Å². The Bertz CT molecular complexity index is 882. The van der Waals surface area contributed by atoms with Gasteiger partial charge in [-0.25, -0.2) is 4.39 Å². The molecule has 2 aromatic carbocycles. The van der Waals surface area contributed by atoms with Gasteiger partial charge in [0.1, 0.15) is 5.82 Å². The molecule has 5 nitrogen and oxygen atoms in total. The summed E-state index contributed by atoms with van der Waals surface area (Å²) in [5, 5.41) is 11.5. The zero-order valence-corrected chi connectivity index (χ0v) is 15.2. The molecule has 0 saturated carbocycles. The molecule has 1 amide bonds. The largest absolute Gasteiger partial charge is 0.358 e. The molecule has 0 saturated heterocycles. The van der Waals surface area contributed by atoms with Crippen molar-refractivity contribution in [2.75, 3.05) is 12.8 Å². The normalized spacial score (nSPS) is 10.7. The number of aromatic nitrogens is 3. The Morgan fingerprint density at radius 3 is 2.58 bits per heavy atom. The molecule has 0 aliphatic heterocycles. The number of hydrogen-bond donors (Lipinski definition) is 1. The molecule has 1 aromatic heterocycles. The van der Waals surface area contributed by atoms with E-state index >= 15 is 0 Å². The minimum Gasteiger partial charge on any atom is -0.358 e. The Hall–Kier alpha value is -2.67. The maximum atomic E-state index is 14.2. The number of aryl methyl sites for hydroxylation is 1. The molecule has 26 heavy (non-hydrogen) atoms. The molecule has 0 aliphatic carbocycles. The number of nitrogens with one attached hydrogen (secondary N) is 1. The molecule has 0 spiro atoms. The number of carbonyl (C=O) groups is 1. The summed E-state index contributed by atoms with van der Waals surface area (Å²) in [4.78, 5) is 11.6. The molecule has 0 fully saturated rings. The zero-order valence-electron chi connectivity index (χ0n) is 14.4. The van der Waals surface area contributed by atoms with Gasteiger partial charge in [0.05, 0.1) is 11.3 Å². The number of thioether (sulfide) groups is 1. The van der Waals surface area contributed by atoms with E-state index in [9.17, 15) is 9.18 Å². The highest BCUT2D eigenvalue weighted by atomic mass is 32.2. The van der Waals surface area contributed by atoms with Crippen molar-refractivity contribution in [3.63, 3.8) is 0 Å². The number of rotatable bonds is 7. The van der Waals surface area contributed by atoms with Gasteiger partial charge in [-0.15, -0.1) is 10.2 Å². The second kappa shape index (κ2) is 8.62. The number of nitrogens with zero attached hydrogens (tertiary/aromatic N) is 3. The third-order valence-corrected chi connectivity index (χ3v) is 4.88. The van der Waals surface area contributed by atoms with Crippen LogP contribution in [-0.4, -0.2) is 33.5 Å². The molecule has 7 heteroatoms. The zero-order chi connectivity index (χ0) is 18.4. The van der Waals surface area contributed by atoms with Crippen molar-refractivity contribution >= 4 is 17.7 Å². The molecule has 0 atom stereocenters. The molecule has 1 N–H and O–H groups in total. The van der Waals surface area contributed by atoms with Gasteiger partial charge < -0.3 is 9.88 Å². The van der Waals surface area contributed by atoms with Crippen molar-refractivity contribution in [1.29, 1.82) is 0 Å². The third kappa shape index (κ3) is 4.29. The van der Waals surface area contributed by atoms with E-state index in [0.717, 1.165) is 6.42 Å². The lowest BCUT2D eigenvalue weighted by Crippen LogP contribution is -2.20. The van der Waals surface area contributed by atoms with Gasteiger partial charge in [-0.05, 0) is 24.1 Å². The number of carbonyl (C=O) groups excluding carboxylic acids is 1. The van der Waals surface area contributed by atoms with E-state index in [-0.39, 0.29) is 17.5 Å². The Labute approximate surface area is 155 Å². The second-order valence-electron chi connectivity index (χ2n) is 5.64. The number of amides is 1. The van der Waals surface area contributed by atoms with Crippen molar-refractivity contribution < 1.29 is 9.18 Å². The molecular weight excluding hydrogens is 351 g/mol. The van der Waals surface area contributed by atoms with E-state index in [4.69, 9.17) is 0 Å². The fourth-order valence-electron chi connectivity index (χ4n) is 2.53. The van der Waals surface area contributed by atoms with Gasteiger partial charge in [0.25, 0.3) is 0 Å². The summed E-state index contributed by atoms with van der Waals surface area (Å²) < 4.78 is 16.1. The number of benzene rings is 2. The lowest BCUT2D eigenvalue weighted by molar-refractivity contribution is -0.118. The molecule has 0 aliphatic rings. The van der Waals surface area contributed by atoms with Crippen LogP contribution < -0.4 is 5.32 Å². The first-order chi connectivity index (χ1) is 12.7. The lowest BCUT2D eigenvalue weighted by atomic mass is 10.1. The molecular formula is C19H19FN4OS. The maximum absolute atomic E-state index is 14.2. The van der Waals surface area contributed by atoms with Crippen LogP contribution in [0.1, 0.15) is 5.56 Å². The monoisotopic (exact) mass is 370 g/mol. The average molecular weight is 370 g/mol. The number of hydrogen-bond acceptors (Lipinski definition) is 4. The minimum absolute atomic E-state index is 0.0972. The maximum Gasteiger partial charge on any atom is 0.230 e. The highest BCUT2D eigenvalue weighted by Crippen LogP contribution is 2.26. The summed E-state index contributed by atoms with van der Waals surface area (Å²) >= 11 is 1.29.